The Morgan fingerprint density at radius 1 is 0.500 bits per heavy atom. The molecule has 0 aliphatic rings. The molecule has 0 saturated carbocycles. The predicted molar refractivity (Wildman–Crippen MR) is 209 cm³/mol. The second-order valence-corrected chi connectivity index (χ2v) is 13.8. The lowest BCUT2D eigenvalue weighted by atomic mass is 9.93. The number of hydrogen-bond donors (Lipinski definition) is 0. The highest BCUT2D eigenvalue weighted by Crippen LogP contribution is 2.47. The molecule has 0 unspecified atom stereocenters. The van der Waals surface area contributed by atoms with E-state index >= 15 is 0 Å². The lowest BCUT2D eigenvalue weighted by molar-refractivity contribution is 1.15. The number of benzene rings is 7. The van der Waals surface area contributed by atoms with Crippen LogP contribution in [0.3, 0.4) is 0 Å². The minimum atomic E-state index is 1.15. The number of fused-ring (bicyclic) bond motifs is 13. The van der Waals surface area contributed by atoms with Crippen LogP contribution in [0, 0.1) is 6.92 Å². The fourth-order valence-electron chi connectivity index (χ4n) is 8.08. The Morgan fingerprint density at radius 2 is 1.02 bits per heavy atom. The fourth-order valence-corrected chi connectivity index (χ4v) is 9.14. The highest BCUT2D eigenvalue weighted by atomic mass is 32.1. The predicted octanol–water partition coefficient (Wildman–Crippen LogP) is 12.9. The van der Waals surface area contributed by atoms with Crippen LogP contribution in [-0.2, 0) is 0 Å². The lowest BCUT2D eigenvalue weighted by Crippen LogP contribution is -1.98. The van der Waals surface area contributed by atoms with Crippen molar-refractivity contribution in [1.82, 2.24) is 9.13 Å². The van der Waals surface area contributed by atoms with Gasteiger partial charge in [0.25, 0.3) is 0 Å². The van der Waals surface area contributed by atoms with Gasteiger partial charge in [-0.2, -0.15) is 0 Å². The first kappa shape index (κ1) is 27.2. The summed E-state index contributed by atoms with van der Waals surface area (Å²) in [6.45, 7) is 6.19. The zero-order valence-electron chi connectivity index (χ0n) is 26.4. The van der Waals surface area contributed by atoms with Crippen molar-refractivity contribution >= 4 is 92.7 Å². The summed E-state index contributed by atoms with van der Waals surface area (Å²) in [5.74, 6) is 0. The highest BCUT2D eigenvalue weighted by Gasteiger charge is 2.22. The Bertz CT molecular complexity index is 2910. The van der Waals surface area contributed by atoms with Gasteiger partial charge in [-0.05, 0) is 71.8 Å². The summed E-state index contributed by atoms with van der Waals surface area (Å²) in [6, 6.07) is 49.0. The van der Waals surface area contributed by atoms with E-state index in [1.165, 1.54) is 85.7 Å². The van der Waals surface area contributed by atoms with Gasteiger partial charge in [0.1, 0.15) is 0 Å². The molecule has 0 fully saturated rings. The van der Waals surface area contributed by atoms with Crippen LogP contribution in [0.15, 0.2) is 152 Å². The molecule has 0 radical (unpaired) electrons. The monoisotopic (exact) mass is 630 g/mol. The van der Waals surface area contributed by atoms with Gasteiger partial charge in [0.05, 0.1) is 22.1 Å². The molecule has 0 spiro atoms. The van der Waals surface area contributed by atoms with E-state index in [1.807, 2.05) is 17.4 Å². The third kappa shape index (κ3) is 3.68. The van der Waals surface area contributed by atoms with Crippen molar-refractivity contribution in [3.05, 3.63) is 163 Å². The summed E-state index contributed by atoms with van der Waals surface area (Å²) >= 11 is 1.87. The van der Waals surface area contributed by atoms with Crippen LogP contribution in [0.4, 0.5) is 0 Å². The maximum absolute atomic E-state index is 3.96. The minimum absolute atomic E-state index is 1.15. The second-order valence-electron chi connectivity index (χ2n) is 12.5. The van der Waals surface area contributed by atoms with Gasteiger partial charge in [-0.3, -0.25) is 0 Å². The molecule has 3 heterocycles. The van der Waals surface area contributed by atoms with E-state index in [0.29, 0.717) is 0 Å². The van der Waals surface area contributed by atoms with Gasteiger partial charge in [-0.1, -0.05) is 110 Å². The van der Waals surface area contributed by atoms with E-state index in [1.54, 1.807) is 0 Å². The molecule has 0 N–H and O–H groups in total. The Morgan fingerprint density at radius 3 is 1.65 bits per heavy atom. The molecule has 0 amide bonds. The largest absolute Gasteiger partial charge is 0.309 e. The van der Waals surface area contributed by atoms with E-state index in [9.17, 15) is 0 Å². The summed E-state index contributed by atoms with van der Waals surface area (Å²) in [5.41, 5.74) is 8.48. The molecule has 2 nitrogen and oxygen atoms in total. The third-order valence-corrected chi connectivity index (χ3v) is 11.1. The minimum Gasteiger partial charge on any atom is -0.309 e. The van der Waals surface area contributed by atoms with Crippen LogP contribution in [0.5, 0.6) is 0 Å². The molecule has 7 aromatic carbocycles. The van der Waals surface area contributed by atoms with Gasteiger partial charge in [0.15, 0.2) is 0 Å². The van der Waals surface area contributed by atoms with E-state index in [0.717, 1.165) is 11.4 Å². The summed E-state index contributed by atoms with van der Waals surface area (Å²) in [6.07, 6.45) is 6.15. The Hall–Kier alpha value is -5.90. The molecule has 0 aliphatic carbocycles. The summed E-state index contributed by atoms with van der Waals surface area (Å²) in [7, 11) is 0. The average molecular weight is 631 g/mol. The maximum Gasteiger partial charge on any atom is 0.0626 e. The van der Waals surface area contributed by atoms with E-state index in [2.05, 4.69) is 168 Å². The van der Waals surface area contributed by atoms with Gasteiger partial charge in [0, 0.05) is 58.7 Å². The van der Waals surface area contributed by atoms with Crippen molar-refractivity contribution in [3.63, 3.8) is 0 Å². The zero-order chi connectivity index (χ0) is 31.9. The van der Waals surface area contributed by atoms with Gasteiger partial charge in [-0.25, -0.2) is 0 Å². The van der Waals surface area contributed by atoms with Crippen LogP contribution >= 0.6 is 11.3 Å². The third-order valence-electron chi connectivity index (χ3n) is 10.0. The smallest absolute Gasteiger partial charge is 0.0626 e. The van der Waals surface area contributed by atoms with Crippen molar-refractivity contribution in [2.24, 2.45) is 0 Å². The van der Waals surface area contributed by atoms with E-state index in [4.69, 9.17) is 0 Å². The maximum atomic E-state index is 3.96. The summed E-state index contributed by atoms with van der Waals surface area (Å²) in [4.78, 5) is 1.32. The normalized spacial score (nSPS) is 12.3. The number of rotatable bonds is 4. The topological polar surface area (TPSA) is 9.86 Å². The van der Waals surface area contributed by atoms with Crippen molar-refractivity contribution < 1.29 is 0 Å². The van der Waals surface area contributed by atoms with E-state index < -0.39 is 0 Å². The van der Waals surface area contributed by atoms with Crippen LogP contribution in [0.2, 0.25) is 0 Å². The standard InChI is InChI=1S/C45H30N2S/c1-3-4-13-31-28(2)48-41-27-26-37-42(44(31)41)34-16-5-6-17-35(34)43-36-18-9-12-21-40(36)47(45(37)43)30-24-22-29(23-25-30)46-38-19-10-7-14-32(38)33-15-8-11-20-39(33)46/h3-27H,1H2,2H3/b13-4-. The number of para-hydroxylation sites is 3. The van der Waals surface area contributed by atoms with Gasteiger partial charge in [0.2, 0.25) is 0 Å². The summed E-state index contributed by atoms with van der Waals surface area (Å²) < 4.78 is 6.18. The van der Waals surface area contributed by atoms with Crippen molar-refractivity contribution in [1.29, 1.82) is 0 Å². The Balaban J connectivity index is 1.32. The molecule has 10 rings (SSSR count). The number of allylic oxidation sites excluding steroid dienone is 2. The van der Waals surface area contributed by atoms with Crippen molar-refractivity contribution in [2.75, 3.05) is 0 Å². The average Bonchev–Trinajstić information content (AvgIpc) is 3.78. The molecular weight excluding hydrogens is 601 g/mol. The first-order valence-corrected chi connectivity index (χ1v) is 17.2. The molecule has 0 atom stereocenters. The van der Waals surface area contributed by atoms with Crippen LogP contribution in [0.25, 0.3) is 92.7 Å². The molecule has 3 heteroatoms. The Kier molecular flexibility index (Phi) is 5.84. The van der Waals surface area contributed by atoms with Crippen LogP contribution in [-0.4, -0.2) is 9.13 Å². The molecule has 3 aromatic heterocycles. The van der Waals surface area contributed by atoms with Crippen molar-refractivity contribution in [3.8, 4) is 11.4 Å². The zero-order valence-corrected chi connectivity index (χ0v) is 27.3. The number of aromatic nitrogens is 2. The number of nitrogens with zero attached hydrogens (tertiary/aromatic N) is 2. The first-order valence-electron chi connectivity index (χ1n) is 16.4. The first-order chi connectivity index (χ1) is 23.7. The number of aryl methyl sites for hydroxylation is 1. The number of hydrogen-bond acceptors (Lipinski definition) is 1. The molecule has 0 aliphatic heterocycles. The number of thiophene rings is 1. The summed E-state index contributed by atoms with van der Waals surface area (Å²) in [5, 5.41) is 11.6. The van der Waals surface area contributed by atoms with Gasteiger partial charge in [-0.15, -0.1) is 11.3 Å². The fraction of sp³-hybridized carbons (Fsp3) is 0.0222. The Labute approximate surface area is 281 Å². The van der Waals surface area contributed by atoms with Gasteiger partial charge < -0.3 is 9.13 Å². The molecule has 10 aromatic rings. The van der Waals surface area contributed by atoms with Crippen LogP contribution in [0.1, 0.15) is 10.4 Å². The van der Waals surface area contributed by atoms with E-state index in [-0.39, 0.29) is 0 Å². The molecule has 226 valence electrons. The SMILES string of the molecule is C=C/C=C\c1c(C)sc2ccc3c(c4ccccc4c4c5ccccc5n(-c5ccc(-n6c7ccccc7c7ccccc76)cc5)c34)c12. The van der Waals surface area contributed by atoms with Crippen molar-refractivity contribution in [2.45, 2.75) is 6.92 Å². The molecule has 0 saturated heterocycles. The van der Waals surface area contributed by atoms with Crippen LogP contribution < -0.4 is 0 Å². The second kappa shape index (κ2) is 10.3. The highest BCUT2D eigenvalue weighted by molar-refractivity contribution is 7.19. The quantitative estimate of drug-likeness (QED) is 0.135. The molecule has 0 bridgehead atoms. The van der Waals surface area contributed by atoms with Gasteiger partial charge >= 0.3 is 0 Å². The molecule has 48 heavy (non-hydrogen) atoms. The molecular formula is C45H30N2S. The lowest BCUT2D eigenvalue weighted by Gasteiger charge is -2.14.